The summed E-state index contributed by atoms with van der Waals surface area (Å²) in [4.78, 5) is 0. The van der Waals surface area contributed by atoms with Gasteiger partial charge in [0, 0.05) is 5.92 Å². The third kappa shape index (κ3) is 1.59. The Morgan fingerprint density at radius 1 is 1.14 bits per heavy atom. The summed E-state index contributed by atoms with van der Waals surface area (Å²) in [6.07, 6.45) is -0.772. The van der Waals surface area contributed by atoms with Crippen LogP contribution in [0.2, 0.25) is 0 Å². The van der Waals surface area contributed by atoms with E-state index in [9.17, 15) is 8.78 Å². The Morgan fingerprint density at radius 2 is 1.79 bits per heavy atom. The minimum atomic E-state index is -2.22. The van der Waals surface area contributed by atoms with Crippen LogP contribution in [0.1, 0.15) is 24.3 Å². The Bertz CT molecular complexity index is 308. The Balaban J connectivity index is 2.12. The molecule has 2 rings (SSSR count). The maximum atomic E-state index is 12.4. The maximum absolute atomic E-state index is 12.4. The van der Waals surface area contributed by atoms with Crippen LogP contribution < -0.4 is 0 Å². The number of hydrogen-bond donors (Lipinski definition) is 1. The van der Waals surface area contributed by atoms with Crippen LogP contribution in [0, 0.1) is 5.92 Å². The molecule has 0 amide bonds. The largest absolute Gasteiger partial charge is 0.508 e. The molecule has 2 atom stereocenters. The van der Waals surface area contributed by atoms with Crippen molar-refractivity contribution in [3.05, 3.63) is 29.8 Å². The second-order valence-electron chi connectivity index (χ2n) is 3.77. The minimum Gasteiger partial charge on any atom is -0.508 e. The molecule has 1 nitrogen and oxygen atoms in total. The van der Waals surface area contributed by atoms with E-state index in [4.69, 9.17) is 5.11 Å². The highest BCUT2D eigenvalue weighted by atomic mass is 19.3. The predicted octanol–water partition coefficient (Wildman–Crippen LogP) is 3.15. The molecule has 3 heteroatoms. The van der Waals surface area contributed by atoms with Crippen molar-refractivity contribution in [2.75, 3.05) is 0 Å². The third-order valence-electron chi connectivity index (χ3n) is 2.97. The molecule has 0 bridgehead atoms. The average Bonchev–Trinajstić information content (AvgIpc) is 2.05. The van der Waals surface area contributed by atoms with Crippen molar-refractivity contribution in [3.63, 3.8) is 0 Å². The molecule has 1 fully saturated rings. The molecule has 1 aromatic rings. The van der Waals surface area contributed by atoms with Gasteiger partial charge in [-0.3, -0.25) is 0 Å². The highest BCUT2D eigenvalue weighted by Crippen LogP contribution is 2.45. The molecule has 0 aromatic heterocycles. The molecule has 1 N–H and O–H groups in total. The quantitative estimate of drug-likeness (QED) is 0.773. The smallest absolute Gasteiger partial charge is 0.242 e. The number of hydrogen-bond acceptors (Lipinski definition) is 1. The van der Waals surface area contributed by atoms with E-state index in [1.54, 1.807) is 24.3 Å². The van der Waals surface area contributed by atoms with E-state index in [2.05, 4.69) is 0 Å². The Kier molecular flexibility index (Phi) is 2.40. The number of aromatic hydroxyl groups is 1. The van der Waals surface area contributed by atoms with Gasteiger partial charge in [0.05, 0.1) is 0 Å². The van der Waals surface area contributed by atoms with Crippen molar-refractivity contribution in [3.8, 4) is 5.75 Å². The molecule has 0 radical (unpaired) electrons. The summed E-state index contributed by atoms with van der Waals surface area (Å²) in [5.74, 6) is -0.322. The summed E-state index contributed by atoms with van der Waals surface area (Å²) in [5.41, 5.74) is 0.916. The van der Waals surface area contributed by atoms with E-state index < -0.39 is 12.3 Å². The van der Waals surface area contributed by atoms with Gasteiger partial charge in [-0.2, -0.15) is 0 Å². The van der Waals surface area contributed by atoms with Gasteiger partial charge in [0.2, 0.25) is 6.43 Å². The molecule has 0 spiro atoms. The fraction of sp³-hybridized carbons (Fsp3) is 0.455. The molecule has 2 unspecified atom stereocenters. The van der Waals surface area contributed by atoms with E-state index in [0.29, 0.717) is 6.42 Å². The fourth-order valence-corrected chi connectivity index (χ4v) is 1.96. The first-order chi connectivity index (χ1) is 6.68. The molecular weight excluding hydrogens is 186 g/mol. The van der Waals surface area contributed by atoms with Crippen molar-refractivity contribution >= 4 is 0 Å². The van der Waals surface area contributed by atoms with E-state index in [1.807, 2.05) is 0 Å². The van der Waals surface area contributed by atoms with Gasteiger partial charge in [0.1, 0.15) is 5.75 Å². The second-order valence-corrected chi connectivity index (χ2v) is 3.77. The standard InChI is InChI=1S/C11H12F2O/c12-11(13)10-6-5-9(10)7-1-3-8(14)4-2-7/h1-4,9-11,14H,5-6H2. The second kappa shape index (κ2) is 3.56. The maximum Gasteiger partial charge on any atom is 0.242 e. The summed E-state index contributed by atoms with van der Waals surface area (Å²) in [5, 5.41) is 9.06. The summed E-state index contributed by atoms with van der Waals surface area (Å²) in [7, 11) is 0. The van der Waals surface area contributed by atoms with Crippen LogP contribution in [-0.2, 0) is 0 Å². The van der Waals surface area contributed by atoms with Gasteiger partial charge >= 0.3 is 0 Å². The number of rotatable bonds is 2. The third-order valence-corrected chi connectivity index (χ3v) is 2.97. The highest BCUT2D eigenvalue weighted by Gasteiger charge is 2.38. The van der Waals surface area contributed by atoms with Gasteiger partial charge in [0.25, 0.3) is 0 Å². The first-order valence-corrected chi connectivity index (χ1v) is 4.75. The minimum absolute atomic E-state index is 0.0180. The summed E-state index contributed by atoms with van der Waals surface area (Å²) >= 11 is 0. The molecule has 0 aliphatic heterocycles. The lowest BCUT2D eigenvalue weighted by atomic mass is 9.70. The van der Waals surface area contributed by atoms with Crippen molar-refractivity contribution in [1.82, 2.24) is 0 Å². The summed E-state index contributed by atoms with van der Waals surface area (Å²) < 4.78 is 24.9. The number of halogens is 2. The van der Waals surface area contributed by atoms with Crippen LogP contribution in [0.4, 0.5) is 8.78 Å². The number of benzene rings is 1. The van der Waals surface area contributed by atoms with E-state index >= 15 is 0 Å². The van der Waals surface area contributed by atoms with Gasteiger partial charge < -0.3 is 5.11 Å². The van der Waals surface area contributed by atoms with Crippen molar-refractivity contribution < 1.29 is 13.9 Å². The molecule has 14 heavy (non-hydrogen) atoms. The van der Waals surface area contributed by atoms with E-state index in [0.717, 1.165) is 12.0 Å². The van der Waals surface area contributed by atoms with Crippen LogP contribution >= 0.6 is 0 Å². The lowest BCUT2D eigenvalue weighted by Gasteiger charge is -2.36. The molecule has 1 aromatic carbocycles. The lowest BCUT2D eigenvalue weighted by Crippen LogP contribution is -2.29. The Labute approximate surface area is 81.4 Å². The first kappa shape index (κ1) is 9.44. The number of phenols is 1. The number of alkyl halides is 2. The molecule has 0 saturated heterocycles. The van der Waals surface area contributed by atoms with Gasteiger partial charge in [-0.05, 0) is 36.5 Å². The van der Waals surface area contributed by atoms with Crippen molar-refractivity contribution in [2.24, 2.45) is 5.92 Å². The zero-order valence-electron chi connectivity index (χ0n) is 7.66. The topological polar surface area (TPSA) is 20.2 Å². The SMILES string of the molecule is Oc1ccc(C2CCC2C(F)F)cc1. The molecule has 1 aliphatic carbocycles. The average molecular weight is 198 g/mol. The highest BCUT2D eigenvalue weighted by molar-refractivity contribution is 5.30. The van der Waals surface area contributed by atoms with Crippen LogP contribution in [-0.4, -0.2) is 11.5 Å². The van der Waals surface area contributed by atoms with Crippen molar-refractivity contribution in [1.29, 1.82) is 0 Å². The molecule has 1 aliphatic rings. The van der Waals surface area contributed by atoms with Crippen molar-refractivity contribution in [2.45, 2.75) is 25.2 Å². The zero-order valence-corrected chi connectivity index (χ0v) is 7.66. The van der Waals surface area contributed by atoms with Gasteiger partial charge in [0.15, 0.2) is 0 Å². The molecular formula is C11H12F2O. The van der Waals surface area contributed by atoms with Gasteiger partial charge in [-0.15, -0.1) is 0 Å². The molecule has 0 heterocycles. The van der Waals surface area contributed by atoms with Gasteiger partial charge in [-0.25, -0.2) is 8.78 Å². The van der Waals surface area contributed by atoms with Crippen LogP contribution in [0.15, 0.2) is 24.3 Å². The fourth-order valence-electron chi connectivity index (χ4n) is 1.96. The van der Waals surface area contributed by atoms with E-state index in [1.165, 1.54) is 0 Å². The molecule has 76 valence electrons. The molecule has 1 saturated carbocycles. The lowest BCUT2D eigenvalue weighted by molar-refractivity contribution is 0.0168. The predicted molar refractivity (Wildman–Crippen MR) is 49.6 cm³/mol. The summed E-state index contributed by atoms with van der Waals surface area (Å²) in [6, 6.07) is 6.56. The summed E-state index contributed by atoms with van der Waals surface area (Å²) in [6.45, 7) is 0. The van der Waals surface area contributed by atoms with Crippen LogP contribution in [0.25, 0.3) is 0 Å². The first-order valence-electron chi connectivity index (χ1n) is 4.75. The van der Waals surface area contributed by atoms with Crippen LogP contribution in [0.3, 0.4) is 0 Å². The Hall–Kier alpha value is -1.12. The normalized spacial score (nSPS) is 26.2. The zero-order chi connectivity index (χ0) is 10.1. The van der Waals surface area contributed by atoms with Crippen LogP contribution in [0.5, 0.6) is 5.75 Å². The van der Waals surface area contributed by atoms with E-state index in [-0.39, 0.29) is 11.7 Å². The number of phenolic OH excluding ortho intramolecular Hbond substituents is 1. The monoisotopic (exact) mass is 198 g/mol. The Morgan fingerprint density at radius 3 is 2.21 bits per heavy atom. The van der Waals surface area contributed by atoms with Gasteiger partial charge in [-0.1, -0.05) is 12.1 Å².